The Bertz CT molecular complexity index is 473. The fourth-order valence-electron chi connectivity index (χ4n) is 2.57. The summed E-state index contributed by atoms with van der Waals surface area (Å²) < 4.78 is 0. The van der Waals surface area contributed by atoms with Crippen molar-refractivity contribution in [3.63, 3.8) is 0 Å². The van der Waals surface area contributed by atoms with Crippen LogP contribution < -0.4 is 9.80 Å². The molecule has 0 N–H and O–H groups in total. The van der Waals surface area contributed by atoms with Gasteiger partial charge in [0.25, 0.3) is 0 Å². The molecule has 0 atom stereocenters. The van der Waals surface area contributed by atoms with Gasteiger partial charge in [0.05, 0.1) is 22.9 Å². The fraction of sp³-hybridized carbons (Fsp3) is 0.562. The largest absolute Gasteiger partial charge is 0.371 e. The van der Waals surface area contributed by atoms with E-state index in [2.05, 4.69) is 47.2 Å². The highest BCUT2D eigenvalue weighted by Gasteiger charge is 2.21. The van der Waals surface area contributed by atoms with Crippen molar-refractivity contribution in [2.24, 2.45) is 5.41 Å². The normalized spacial score (nSPS) is 15.1. The first kappa shape index (κ1) is 13.7. The lowest BCUT2D eigenvalue weighted by Gasteiger charge is -2.37. The van der Waals surface area contributed by atoms with Gasteiger partial charge in [0.15, 0.2) is 0 Å². The maximum Gasteiger partial charge on any atom is 0.0683 e. The summed E-state index contributed by atoms with van der Waals surface area (Å²) in [5.41, 5.74) is 2.44. The Labute approximate surface area is 116 Å². The molecule has 3 heteroatoms. The van der Waals surface area contributed by atoms with Crippen molar-refractivity contribution < 1.29 is 0 Å². The summed E-state index contributed by atoms with van der Waals surface area (Å²) >= 11 is 0. The summed E-state index contributed by atoms with van der Waals surface area (Å²) in [5.74, 6) is 0. The highest BCUT2D eigenvalue weighted by atomic mass is 15.2. The van der Waals surface area contributed by atoms with Crippen molar-refractivity contribution in [2.45, 2.75) is 26.7 Å². The van der Waals surface area contributed by atoms with Crippen LogP contribution in [0.5, 0.6) is 0 Å². The zero-order valence-corrected chi connectivity index (χ0v) is 12.2. The molecule has 1 aliphatic heterocycles. The Morgan fingerprint density at radius 1 is 1.21 bits per heavy atom. The standard InChI is InChI=1S/C16H23N3/c1-16(2,13-17)9-6-10-19-12-11-18(3)14-7-4-5-8-15(14)19/h4-5,7-8H,6,9-12H2,1-3H3. The smallest absolute Gasteiger partial charge is 0.0683 e. The lowest BCUT2D eigenvalue weighted by molar-refractivity contribution is 0.434. The van der Waals surface area contributed by atoms with Gasteiger partial charge in [0, 0.05) is 26.7 Å². The van der Waals surface area contributed by atoms with Crippen LogP contribution in [-0.4, -0.2) is 26.7 Å². The predicted molar refractivity (Wildman–Crippen MR) is 80.6 cm³/mol. The van der Waals surface area contributed by atoms with E-state index < -0.39 is 0 Å². The lowest BCUT2D eigenvalue weighted by atomic mass is 9.90. The van der Waals surface area contributed by atoms with Crippen molar-refractivity contribution in [2.75, 3.05) is 36.5 Å². The maximum absolute atomic E-state index is 9.05. The van der Waals surface area contributed by atoms with Gasteiger partial charge < -0.3 is 9.80 Å². The number of hydrogen-bond acceptors (Lipinski definition) is 3. The molecule has 0 unspecified atom stereocenters. The SMILES string of the molecule is CN1CCN(CCCC(C)(C)C#N)c2ccccc21. The Hall–Kier alpha value is -1.69. The lowest BCUT2D eigenvalue weighted by Crippen LogP contribution is -2.39. The Morgan fingerprint density at radius 3 is 2.58 bits per heavy atom. The van der Waals surface area contributed by atoms with E-state index in [0.717, 1.165) is 32.5 Å². The molecule has 1 aromatic rings. The van der Waals surface area contributed by atoms with Gasteiger partial charge in [-0.05, 0) is 38.8 Å². The van der Waals surface area contributed by atoms with Crippen LogP contribution in [0, 0.1) is 16.7 Å². The van der Waals surface area contributed by atoms with Crippen LogP contribution in [0.2, 0.25) is 0 Å². The molecule has 0 aromatic heterocycles. The molecule has 0 saturated heterocycles. The van der Waals surface area contributed by atoms with Gasteiger partial charge in [-0.25, -0.2) is 0 Å². The zero-order chi connectivity index (χ0) is 13.9. The van der Waals surface area contributed by atoms with Crippen molar-refractivity contribution in [3.8, 4) is 6.07 Å². The molecule has 0 saturated carbocycles. The molecule has 1 aliphatic rings. The van der Waals surface area contributed by atoms with Crippen LogP contribution in [0.4, 0.5) is 11.4 Å². The molecule has 0 amide bonds. The molecule has 1 aromatic carbocycles. The topological polar surface area (TPSA) is 30.3 Å². The average Bonchev–Trinajstić information content (AvgIpc) is 2.42. The summed E-state index contributed by atoms with van der Waals surface area (Å²) in [5, 5.41) is 9.05. The second-order valence-corrected chi connectivity index (χ2v) is 6.00. The van der Waals surface area contributed by atoms with Crippen LogP contribution in [0.1, 0.15) is 26.7 Å². The quantitative estimate of drug-likeness (QED) is 0.829. The van der Waals surface area contributed by atoms with Crippen molar-refractivity contribution in [1.29, 1.82) is 5.26 Å². The number of anilines is 2. The van der Waals surface area contributed by atoms with E-state index in [1.807, 2.05) is 13.8 Å². The number of likely N-dealkylation sites (N-methyl/N-ethyl adjacent to an activating group) is 1. The van der Waals surface area contributed by atoms with E-state index in [-0.39, 0.29) is 5.41 Å². The van der Waals surface area contributed by atoms with Crippen molar-refractivity contribution in [3.05, 3.63) is 24.3 Å². The van der Waals surface area contributed by atoms with Gasteiger partial charge in [-0.2, -0.15) is 5.26 Å². The number of nitrogens with zero attached hydrogens (tertiary/aromatic N) is 3. The van der Waals surface area contributed by atoms with Crippen LogP contribution >= 0.6 is 0 Å². The van der Waals surface area contributed by atoms with E-state index in [1.165, 1.54) is 11.4 Å². The summed E-state index contributed by atoms with van der Waals surface area (Å²) in [6.07, 6.45) is 2.02. The molecule has 1 heterocycles. The molecule has 19 heavy (non-hydrogen) atoms. The van der Waals surface area contributed by atoms with E-state index in [4.69, 9.17) is 5.26 Å². The first-order valence-corrected chi connectivity index (χ1v) is 7.00. The van der Waals surface area contributed by atoms with Gasteiger partial charge in [-0.1, -0.05) is 12.1 Å². The van der Waals surface area contributed by atoms with Crippen molar-refractivity contribution >= 4 is 11.4 Å². The first-order chi connectivity index (χ1) is 9.03. The second-order valence-electron chi connectivity index (χ2n) is 6.00. The average molecular weight is 257 g/mol. The molecule has 0 fully saturated rings. The van der Waals surface area contributed by atoms with Crippen LogP contribution in [0.15, 0.2) is 24.3 Å². The molecular weight excluding hydrogens is 234 g/mol. The number of para-hydroxylation sites is 2. The Morgan fingerprint density at radius 2 is 1.89 bits per heavy atom. The zero-order valence-electron chi connectivity index (χ0n) is 12.2. The minimum Gasteiger partial charge on any atom is -0.371 e. The van der Waals surface area contributed by atoms with Crippen LogP contribution in [-0.2, 0) is 0 Å². The maximum atomic E-state index is 9.05. The third-order valence-corrected chi connectivity index (χ3v) is 3.87. The first-order valence-electron chi connectivity index (χ1n) is 7.00. The molecular formula is C16H23N3. The third-order valence-electron chi connectivity index (χ3n) is 3.87. The molecule has 0 aliphatic carbocycles. The third kappa shape index (κ3) is 3.20. The summed E-state index contributed by atoms with van der Waals surface area (Å²) in [4.78, 5) is 4.76. The molecule has 102 valence electrons. The van der Waals surface area contributed by atoms with E-state index >= 15 is 0 Å². The highest BCUT2D eigenvalue weighted by molar-refractivity contribution is 5.72. The van der Waals surface area contributed by atoms with Crippen LogP contribution in [0.25, 0.3) is 0 Å². The van der Waals surface area contributed by atoms with Gasteiger partial charge in [-0.15, -0.1) is 0 Å². The summed E-state index contributed by atoms with van der Waals surface area (Å²) in [7, 11) is 2.15. The Balaban J connectivity index is 2.00. The molecule has 0 bridgehead atoms. The number of hydrogen-bond donors (Lipinski definition) is 0. The fourth-order valence-corrected chi connectivity index (χ4v) is 2.57. The molecule has 3 nitrogen and oxygen atoms in total. The predicted octanol–water partition coefficient (Wildman–Crippen LogP) is 3.27. The van der Waals surface area contributed by atoms with Crippen molar-refractivity contribution in [1.82, 2.24) is 0 Å². The van der Waals surface area contributed by atoms with Gasteiger partial charge in [0.2, 0.25) is 0 Å². The molecule has 0 spiro atoms. The minimum absolute atomic E-state index is 0.202. The second kappa shape index (κ2) is 5.52. The number of rotatable bonds is 4. The Kier molecular flexibility index (Phi) is 3.99. The minimum atomic E-state index is -0.202. The summed E-state index contributed by atoms with van der Waals surface area (Å²) in [6.45, 7) is 7.21. The van der Waals surface area contributed by atoms with E-state index in [0.29, 0.717) is 0 Å². The van der Waals surface area contributed by atoms with Gasteiger partial charge in [-0.3, -0.25) is 0 Å². The number of fused-ring (bicyclic) bond motifs is 1. The molecule has 2 rings (SSSR count). The van der Waals surface area contributed by atoms with Crippen LogP contribution in [0.3, 0.4) is 0 Å². The highest BCUT2D eigenvalue weighted by Crippen LogP contribution is 2.32. The monoisotopic (exact) mass is 257 g/mol. The van der Waals surface area contributed by atoms with E-state index in [9.17, 15) is 0 Å². The van der Waals surface area contributed by atoms with Gasteiger partial charge in [0.1, 0.15) is 0 Å². The van der Waals surface area contributed by atoms with E-state index in [1.54, 1.807) is 0 Å². The number of nitriles is 1. The number of benzene rings is 1. The van der Waals surface area contributed by atoms with Gasteiger partial charge >= 0.3 is 0 Å². The summed E-state index contributed by atoms with van der Waals surface area (Å²) in [6, 6.07) is 11.0. The molecule has 0 radical (unpaired) electrons.